The Morgan fingerprint density at radius 1 is 1.14 bits per heavy atom. The van der Waals surface area contributed by atoms with E-state index in [0.717, 1.165) is 16.3 Å². The lowest BCUT2D eigenvalue weighted by molar-refractivity contribution is -0.146. The molecule has 1 N–H and O–H groups in total. The number of aromatic nitrogens is 1. The van der Waals surface area contributed by atoms with Crippen LogP contribution in [0.1, 0.15) is 10.6 Å². The molecule has 2 aromatic carbocycles. The van der Waals surface area contributed by atoms with E-state index in [0.29, 0.717) is 17.0 Å². The third-order valence-corrected chi connectivity index (χ3v) is 4.73. The van der Waals surface area contributed by atoms with Crippen LogP contribution in [0.2, 0.25) is 0 Å². The largest absolute Gasteiger partial charge is 0.496 e. The van der Waals surface area contributed by atoms with Crippen LogP contribution in [0.5, 0.6) is 5.75 Å². The number of aryl methyl sites for hydroxylation is 1. The Hall–Kier alpha value is -3.19. The van der Waals surface area contributed by atoms with Gasteiger partial charge in [0.15, 0.2) is 6.61 Å². The molecule has 3 rings (SSSR count). The van der Waals surface area contributed by atoms with Crippen LogP contribution in [0.3, 0.4) is 0 Å². The summed E-state index contributed by atoms with van der Waals surface area (Å²) < 4.78 is 10.3. The highest BCUT2D eigenvalue weighted by Gasteiger charge is 2.12. The van der Waals surface area contributed by atoms with Gasteiger partial charge in [0.2, 0.25) is 0 Å². The third kappa shape index (κ3) is 5.17. The first kappa shape index (κ1) is 19.6. The second-order valence-corrected chi connectivity index (χ2v) is 7.09. The zero-order valence-corrected chi connectivity index (χ0v) is 16.4. The summed E-state index contributed by atoms with van der Waals surface area (Å²) >= 11 is 1.57. The molecule has 0 aliphatic heterocycles. The molecule has 7 heteroatoms. The fraction of sp³-hybridized carbons (Fsp3) is 0.190. The molecule has 28 heavy (non-hydrogen) atoms. The Kier molecular flexibility index (Phi) is 6.39. The Bertz CT molecular complexity index is 984. The van der Waals surface area contributed by atoms with Gasteiger partial charge >= 0.3 is 5.97 Å². The van der Waals surface area contributed by atoms with Gasteiger partial charge in [0.25, 0.3) is 5.91 Å². The molecule has 0 spiro atoms. The van der Waals surface area contributed by atoms with E-state index in [4.69, 9.17) is 9.47 Å². The summed E-state index contributed by atoms with van der Waals surface area (Å²) in [4.78, 5) is 28.6. The lowest BCUT2D eigenvalue weighted by Gasteiger charge is -2.09. The first-order valence-corrected chi connectivity index (χ1v) is 9.53. The smallest absolute Gasteiger partial charge is 0.310 e. The van der Waals surface area contributed by atoms with Crippen LogP contribution in [0.4, 0.5) is 5.69 Å². The number of para-hydroxylation sites is 1. The number of hydrogen-bond donors (Lipinski definition) is 1. The fourth-order valence-electron chi connectivity index (χ4n) is 2.65. The number of amides is 1. The number of thiazole rings is 1. The third-order valence-electron chi connectivity index (χ3n) is 3.95. The van der Waals surface area contributed by atoms with Crippen LogP contribution in [0, 0.1) is 6.92 Å². The molecular weight excluding hydrogens is 376 g/mol. The van der Waals surface area contributed by atoms with Crippen molar-refractivity contribution in [2.24, 2.45) is 0 Å². The Morgan fingerprint density at radius 3 is 2.71 bits per heavy atom. The van der Waals surface area contributed by atoms with Crippen LogP contribution in [0.25, 0.3) is 11.3 Å². The molecule has 0 atom stereocenters. The van der Waals surface area contributed by atoms with Gasteiger partial charge in [-0.15, -0.1) is 11.3 Å². The normalized spacial score (nSPS) is 10.4. The highest BCUT2D eigenvalue weighted by molar-refractivity contribution is 7.09. The number of esters is 1. The van der Waals surface area contributed by atoms with E-state index in [2.05, 4.69) is 10.3 Å². The second kappa shape index (κ2) is 9.14. The van der Waals surface area contributed by atoms with Gasteiger partial charge in [0.1, 0.15) is 5.75 Å². The molecule has 6 nitrogen and oxygen atoms in total. The maximum absolute atomic E-state index is 12.1. The number of methoxy groups -OCH3 is 1. The van der Waals surface area contributed by atoms with Crippen molar-refractivity contribution in [3.05, 3.63) is 64.5 Å². The van der Waals surface area contributed by atoms with E-state index in [1.165, 1.54) is 0 Å². The topological polar surface area (TPSA) is 77.5 Å². The number of carbonyl (C=O) groups excluding carboxylic acids is 2. The average Bonchev–Trinajstić information content (AvgIpc) is 3.13. The van der Waals surface area contributed by atoms with Crippen molar-refractivity contribution in [2.75, 3.05) is 19.0 Å². The first-order valence-electron chi connectivity index (χ1n) is 8.65. The lowest BCUT2D eigenvalue weighted by Crippen LogP contribution is -2.21. The number of hydrogen-bond acceptors (Lipinski definition) is 6. The van der Waals surface area contributed by atoms with Gasteiger partial charge in [-0.3, -0.25) is 9.59 Å². The number of anilines is 1. The predicted octanol–water partition coefficient (Wildman–Crippen LogP) is 3.85. The van der Waals surface area contributed by atoms with E-state index in [9.17, 15) is 9.59 Å². The summed E-state index contributed by atoms with van der Waals surface area (Å²) in [6.45, 7) is 1.59. The molecule has 1 heterocycles. The van der Waals surface area contributed by atoms with Crippen LogP contribution in [-0.2, 0) is 20.7 Å². The first-order chi connectivity index (χ1) is 13.5. The van der Waals surface area contributed by atoms with E-state index in [1.54, 1.807) is 36.6 Å². The van der Waals surface area contributed by atoms with Gasteiger partial charge in [-0.25, -0.2) is 4.98 Å². The highest BCUT2D eigenvalue weighted by atomic mass is 32.1. The number of carbonyl (C=O) groups is 2. The second-order valence-electron chi connectivity index (χ2n) is 6.03. The average molecular weight is 396 g/mol. The number of nitrogens with zero attached hydrogens (tertiary/aromatic N) is 1. The Labute approximate surface area is 167 Å². The summed E-state index contributed by atoms with van der Waals surface area (Å²) in [5, 5.41) is 5.68. The summed E-state index contributed by atoms with van der Waals surface area (Å²) in [6.07, 6.45) is 0.0377. The molecule has 144 valence electrons. The van der Waals surface area contributed by atoms with Gasteiger partial charge in [0, 0.05) is 22.2 Å². The molecule has 0 aliphatic carbocycles. The van der Waals surface area contributed by atoms with Gasteiger partial charge in [0.05, 0.1) is 24.2 Å². The molecule has 0 saturated heterocycles. The van der Waals surface area contributed by atoms with Crippen LogP contribution >= 0.6 is 11.3 Å². The van der Waals surface area contributed by atoms with Gasteiger partial charge in [-0.1, -0.05) is 30.3 Å². The van der Waals surface area contributed by atoms with Crippen molar-refractivity contribution in [1.82, 2.24) is 4.98 Å². The van der Waals surface area contributed by atoms with E-state index in [1.807, 2.05) is 42.6 Å². The molecule has 1 amide bonds. The molecule has 0 saturated carbocycles. The summed E-state index contributed by atoms with van der Waals surface area (Å²) in [7, 11) is 1.54. The summed E-state index contributed by atoms with van der Waals surface area (Å²) in [6, 6.07) is 14.6. The Balaban J connectivity index is 1.54. The lowest BCUT2D eigenvalue weighted by atomic mass is 10.1. The number of ether oxygens (including phenoxy) is 2. The summed E-state index contributed by atoms with van der Waals surface area (Å²) in [5.41, 5.74) is 3.10. The molecule has 0 unspecified atom stereocenters. The minimum Gasteiger partial charge on any atom is -0.496 e. The van der Waals surface area contributed by atoms with Gasteiger partial charge in [-0.05, 0) is 25.1 Å². The zero-order valence-electron chi connectivity index (χ0n) is 15.6. The van der Waals surface area contributed by atoms with Crippen molar-refractivity contribution in [2.45, 2.75) is 13.3 Å². The quantitative estimate of drug-likeness (QED) is 0.614. The maximum Gasteiger partial charge on any atom is 0.310 e. The maximum atomic E-state index is 12.1. The van der Waals surface area contributed by atoms with Crippen molar-refractivity contribution in [3.8, 4) is 17.0 Å². The zero-order chi connectivity index (χ0) is 19.9. The predicted molar refractivity (Wildman–Crippen MR) is 109 cm³/mol. The van der Waals surface area contributed by atoms with Gasteiger partial charge in [-0.2, -0.15) is 0 Å². The van der Waals surface area contributed by atoms with Crippen LogP contribution < -0.4 is 10.1 Å². The molecule has 0 bridgehead atoms. The van der Waals surface area contributed by atoms with Crippen LogP contribution in [-0.4, -0.2) is 30.6 Å². The number of rotatable bonds is 7. The molecule has 3 aromatic rings. The van der Waals surface area contributed by atoms with Crippen molar-refractivity contribution in [3.63, 3.8) is 0 Å². The van der Waals surface area contributed by atoms with Gasteiger partial charge < -0.3 is 14.8 Å². The molecule has 0 aliphatic rings. The number of benzene rings is 2. The van der Waals surface area contributed by atoms with E-state index < -0.39 is 11.9 Å². The highest BCUT2D eigenvalue weighted by Crippen LogP contribution is 2.24. The number of nitrogens with one attached hydrogen (secondary N) is 1. The molecular formula is C21H20N2O4S. The van der Waals surface area contributed by atoms with Crippen molar-refractivity contribution in [1.29, 1.82) is 0 Å². The van der Waals surface area contributed by atoms with Crippen molar-refractivity contribution < 1.29 is 19.1 Å². The minimum atomic E-state index is -0.494. The SMILES string of the molecule is COc1ccccc1CC(=O)OCC(=O)Nc1cccc(-c2csc(C)n2)c1. The van der Waals surface area contributed by atoms with E-state index in [-0.39, 0.29) is 13.0 Å². The molecule has 1 aromatic heterocycles. The van der Waals surface area contributed by atoms with E-state index >= 15 is 0 Å². The fourth-order valence-corrected chi connectivity index (χ4v) is 3.27. The monoisotopic (exact) mass is 396 g/mol. The summed E-state index contributed by atoms with van der Waals surface area (Å²) in [5.74, 6) is -0.288. The minimum absolute atomic E-state index is 0.0377. The molecule has 0 fully saturated rings. The standard InChI is InChI=1S/C21H20N2O4S/c1-14-22-18(13-28-14)15-7-5-8-17(10-15)23-20(24)12-27-21(25)11-16-6-3-4-9-19(16)26-2/h3-10,13H,11-12H2,1-2H3,(H,23,24). The van der Waals surface area contributed by atoms with Crippen molar-refractivity contribution >= 4 is 28.9 Å². The van der Waals surface area contributed by atoms with Crippen LogP contribution in [0.15, 0.2) is 53.9 Å². The molecule has 0 radical (unpaired) electrons. The Morgan fingerprint density at radius 2 is 1.96 bits per heavy atom.